The zero-order valence-corrected chi connectivity index (χ0v) is 16.1. The van der Waals surface area contributed by atoms with E-state index < -0.39 is 20.6 Å². The van der Waals surface area contributed by atoms with Crippen molar-refractivity contribution in [3.8, 4) is 11.5 Å². The summed E-state index contributed by atoms with van der Waals surface area (Å²) in [6.45, 7) is 2.78. The fraction of sp³-hybridized carbons (Fsp3) is 0.316. The summed E-state index contributed by atoms with van der Waals surface area (Å²) in [5.74, 6) is 0.387. The van der Waals surface area contributed by atoms with Crippen molar-refractivity contribution in [3.63, 3.8) is 0 Å². The molecule has 148 valence electrons. The molecule has 0 amide bonds. The van der Waals surface area contributed by atoms with E-state index in [1.807, 2.05) is 6.92 Å². The summed E-state index contributed by atoms with van der Waals surface area (Å²) in [4.78, 5) is 21.6. The zero-order valence-electron chi connectivity index (χ0n) is 15.3. The molecule has 0 unspecified atom stereocenters. The monoisotopic (exact) mass is 404 g/mol. The van der Waals surface area contributed by atoms with Crippen LogP contribution in [0.25, 0.3) is 0 Å². The van der Waals surface area contributed by atoms with Crippen LogP contribution in [0.2, 0.25) is 0 Å². The van der Waals surface area contributed by atoms with Crippen molar-refractivity contribution in [2.75, 3.05) is 13.1 Å². The molecule has 1 aliphatic rings. The van der Waals surface area contributed by atoms with Gasteiger partial charge in [0.05, 0.1) is 9.82 Å². The normalized spacial score (nSPS) is 17.8. The Morgan fingerprint density at radius 1 is 1.25 bits per heavy atom. The highest BCUT2D eigenvalue weighted by Crippen LogP contribution is 2.35. The predicted molar refractivity (Wildman–Crippen MR) is 102 cm³/mol. The maximum Gasteiger partial charge on any atom is 0.312 e. The van der Waals surface area contributed by atoms with Crippen molar-refractivity contribution in [1.82, 2.24) is 4.31 Å². The Kier molecular flexibility index (Phi) is 5.76. The van der Waals surface area contributed by atoms with Crippen LogP contribution in [0.15, 0.2) is 47.4 Å². The third kappa shape index (κ3) is 4.20. The van der Waals surface area contributed by atoms with Gasteiger partial charge in [0, 0.05) is 24.7 Å². The van der Waals surface area contributed by atoms with Crippen LogP contribution in [0.5, 0.6) is 11.5 Å². The lowest BCUT2D eigenvalue weighted by molar-refractivity contribution is -0.385. The smallest absolute Gasteiger partial charge is 0.312 e. The van der Waals surface area contributed by atoms with Gasteiger partial charge in [-0.2, -0.15) is 4.31 Å². The number of carbonyl (C=O) groups excluding carboxylic acids is 1. The molecular formula is C19H20N2O6S. The average Bonchev–Trinajstić information content (AvgIpc) is 2.68. The van der Waals surface area contributed by atoms with Crippen molar-refractivity contribution in [2.45, 2.75) is 24.7 Å². The molecule has 0 radical (unpaired) electrons. The highest BCUT2D eigenvalue weighted by molar-refractivity contribution is 7.89. The summed E-state index contributed by atoms with van der Waals surface area (Å²) in [6, 6.07) is 9.75. The van der Waals surface area contributed by atoms with Crippen LogP contribution in [0.1, 0.15) is 30.1 Å². The number of carbonyl (C=O) groups is 1. The Labute approximate surface area is 162 Å². The second kappa shape index (κ2) is 8.07. The van der Waals surface area contributed by atoms with Crippen LogP contribution in [-0.2, 0) is 10.0 Å². The number of sulfonamides is 1. The van der Waals surface area contributed by atoms with E-state index in [1.54, 1.807) is 18.2 Å². The van der Waals surface area contributed by atoms with Gasteiger partial charge in [-0.1, -0.05) is 19.1 Å². The fourth-order valence-corrected chi connectivity index (χ4v) is 4.80. The highest BCUT2D eigenvalue weighted by Gasteiger charge is 2.31. The van der Waals surface area contributed by atoms with Gasteiger partial charge in [0.25, 0.3) is 0 Å². The molecule has 2 aromatic rings. The first kappa shape index (κ1) is 20.0. The minimum absolute atomic E-state index is 0.0981. The van der Waals surface area contributed by atoms with E-state index in [-0.39, 0.29) is 22.3 Å². The molecule has 0 saturated carbocycles. The van der Waals surface area contributed by atoms with Crippen LogP contribution in [-0.4, -0.2) is 37.0 Å². The lowest BCUT2D eigenvalue weighted by Crippen LogP contribution is -2.39. The van der Waals surface area contributed by atoms with Gasteiger partial charge in [0.1, 0.15) is 12.0 Å². The molecule has 3 rings (SSSR count). The van der Waals surface area contributed by atoms with Crippen LogP contribution >= 0.6 is 0 Å². The Hall–Kier alpha value is -2.78. The molecular weight excluding hydrogens is 384 g/mol. The van der Waals surface area contributed by atoms with Gasteiger partial charge in [-0.05, 0) is 43.0 Å². The second-order valence-electron chi connectivity index (χ2n) is 6.79. The topological polar surface area (TPSA) is 107 Å². The maximum atomic E-state index is 12.9. The highest BCUT2D eigenvalue weighted by atomic mass is 32.2. The lowest BCUT2D eigenvalue weighted by atomic mass is 10.0. The van der Waals surface area contributed by atoms with Crippen LogP contribution in [0, 0.1) is 16.0 Å². The predicted octanol–water partition coefficient (Wildman–Crippen LogP) is 3.62. The number of piperidine rings is 1. The van der Waals surface area contributed by atoms with Gasteiger partial charge >= 0.3 is 5.69 Å². The summed E-state index contributed by atoms with van der Waals surface area (Å²) in [7, 11) is -3.82. The summed E-state index contributed by atoms with van der Waals surface area (Å²) in [5.41, 5.74) is -0.0961. The summed E-state index contributed by atoms with van der Waals surface area (Å²) < 4.78 is 32.7. The molecule has 1 saturated heterocycles. The number of nitro groups is 1. The van der Waals surface area contributed by atoms with Crippen LogP contribution in [0.4, 0.5) is 5.69 Å². The van der Waals surface area contributed by atoms with Gasteiger partial charge in [0.15, 0.2) is 0 Å². The summed E-state index contributed by atoms with van der Waals surface area (Å²) in [6.07, 6.45) is 2.35. The van der Waals surface area contributed by atoms with E-state index in [9.17, 15) is 23.3 Å². The number of nitro benzene ring substituents is 1. The largest absolute Gasteiger partial charge is 0.450 e. The molecule has 1 fully saturated rings. The summed E-state index contributed by atoms with van der Waals surface area (Å²) >= 11 is 0. The van der Waals surface area contributed by atoms with Crippen LogP contribution < -0.4 is 4.74 Å². The number of hydrogen-bond acceptors (Lipinski definition) is 6. The molecule has 0 N–H and O–H groups in total. The molecule has 0 aliphatic carbocycles. The van der Waals surface area contributed by atoms with Crippen molar-refractivity contribution < 1.29 is 22.9 Å². The van der Waals surface area contributed by atoms with Crippen molar-refractivity contribution in [1.29, 1.82) is 0 Å². The maximum absolute atomic E-state index is 12.9. The van der Waals surface area contributed by atoms with Gasteiger partial charge in [-0.15, -0.1) is 0 Å². The molecule has 8 nitrogen and oxygen atoms in total. The first-order valence-corrected chi connectivity index (χ1v) is 10.3. The Morgan fingerprint density at radius 2 is 2.04 bits per heavy atom. The standard InChI is InChI=1S/C19H20N2O6S/c1-14-4-3-9-20(12-14)28(25,26)17-7-8-19(18(11-17)21(23)24)27-16-6-2-5-15(10-16)13-22/h2,5-8,10-11,13-14H,3-4,9,12H2,1H3/t14-/m1/s1. The molecule has 2 aromatic carbocycles. The molecule has 0 bridgehead atoms. The average molecular weight is 404 g/mol. The van der Waals surface area contributed by atoms with E-state index in [0.29, 0.717) is 24.9 Å². The fourth-order valence-electron chi connectivity index (χ4n) is 3.18. The van der Waals surface area contributed by atoms with Crippen molar-refractivity contribution >= 4 is 22.0 Å². The molecule has 9 heteroatoms. The Balaban J connectivity index is 1.94. The molecule has 1 heterocycles. The zero-order chi connectivity index (χ0) is 20.3. The molecule has 28 heavy (non-hydrogen) atoms. The number of benzene rings is 2. The summed E-state index contributed by atoms with van der Waals surface area (Å²) in [5, 5.41) is 11.5. The van der Waals surface area contributed by atoms with Crippen molar-refractivity contribution in [3.05, 3.63) is 58.1 Å². The van der Waals surface area contributed by atoms with E-state index in [4.69, 9.17) is 4.74 Å². The van der Waals surface area contributed by atoms with E-state index >= 15 is 0 Å². The minimum atomic E-state index is -3.82. The van der Waals surface area contributed by atoms with E-state index in [1.165, 1.54) is 22.5 Å². The first-order valence-electron chi connectivity index (χ1n) is 8.83. The van der Waals surface area contributed by atoms with Gasteiger partial charge < -0.3 is 4.74 Å². The van der Waals surface area contributed by atoms with Crippen molar-refractivity contribution in [2.24, 2.45) is 5.92 Å². The second-order valence-corrected chi connectivity index (χ2v) is 8.73. The van der Waals surface area contributed by atoms with E-state index in [0.717, 1.165) is 18.9 Å². The molecule has 1 aliphatic heterocycles. The molecule has 1 atom stereocenters. The minimum Gasteiger partial charge on any atom is -0.450 e. The van der Waals surface area contributed by atoms with Gasteiger partial charge in [-0.3, -0.25) is 14.9 Å². The number of aldehydes is 1. The third-order valence-electron chi connectivity index (χ3n) is 4.61. The third-order valence-corrected chi connectivity index (χ3v) is 6.47. The SMILES string of the molecule is C[C@@H]1CCCN(S(=O)(=O)c2ccc(Oc3cccc(C=O)c3)c([N+](=O)[O-])c2)C1. The van der Waals surface area contributed by atoms with Gasteiger partial charge in [-0.25, -0.2) is 8.42 Å². The number of ether oxygens (including phenoxy) is 1. The van der Waals surface area contributed by atoms with Crippen LogP contribution in [0.3, 0.4) is 0 Å². The van der Waals surface area contributed by atoms with Gasteiger partial charge in [0.2, 0.25) is 15.8 Å². The number of hydrogen-bond donors (Lipinski definition) is 0. The molecule has 0 aromatic heterocycles. The van der Waals surface area contributed by atoms with E-state index in [2.05, 4.69) is 0 Å². The quantitative estimate of drug-likeness (QED) is 0.413. The first-order chi connectivity index (χ1) is 13.3. The lowest BCUT2D eigenvalue weighted by Gasteiger charge is -2.30. The Bertz CT molecular complexity index is 1010. The number of nitrogens with zero attached hydrogens (tertiary/aromatic N) is 2. The Morgan fingerprint density at radius 3 is 2.71 bits per heavy atom. The number of rotatable bonds is 6. The molecule has 0 spiro atoms.